The second-order valence-corrected chi connectivity index (χ2v) is 9.13. The first-order chi connectivity index (χ1) is 15.8. The van der Waals surface area contributed by atoms with Gasteiger partial charge in [0.1, 0.15) is 0 Å². The number of nitrogens with one attached hydrogen (secondary N) is 1. The van der Waals surface area contributed by atoms with Crippen molar-refractivity contribution in [1.82, 2.24) is 9.88 Å². The molecule has 0 fully saturated rings. The van der Waals surface area contributed by atoms with Gasteiger partial charge in [-0.05, 0) is 33.8 Å². The number of ether oxygens (including phenoxy) is 2. The monoisotopic (exact) mass is 474 g/mol. The summed E-state index contributed by atoms with van der Waals surface area (Å²) < 4.78 is 11.1. The van der Waals surface area contributed by atoms with Gasteiger partial charge in [0.15, 0.2) is 17.3 Å². The number of hydrogen-bond acceptors (Lipinski definition) is 7. The third-order valence-electron chi connectivity index (χ3n) is 6.09. The standard InChI is InChI=1S/C24H31N3O5S/c1-7-26(8-2)12-13-27-19(16-10-9-11-17(31-5)22(16)32-6)18(21(29)24(27)30)20(28)23-14(3)25-15(4)33-23/h9-11,19,29H,7-8,12-13H2,1-6H3/p+1. The van der Waals surface area contributed by atoms with E-state index in [1.165, 1.54) is 30.5 Å². The van der Waals surface area contributed by atoms with E-state index in [-0.39, 0.29) is 5.57 Å². The van der Waals surface area contributed by atoms with Crippen molar-refractivity contribution in [2.75, 3.05) is 40.4 Å². The summed E-state index contributed by atoms with van der Waals surface area (Å²) in [5, 5.41) is 11.7. The van der Waals surface area contributed by atoms with Crippen molar-refractivity contribution in [1.29, 1.82) is 0 Å². The Hall–Kier alpha value is -2.91. The second-order valence-electron chi connectivity index (χ2n) is 7.93. The van der Waals surface area contributed by atoms with Crippen LogP contribution in [-0.4, -0.2) is 67.1 Å². The number of carbonyl (C=O) groups is 2. The largest absolute Gasteiger partial charge is 0.503 e. The molecule has 33 heavy (non-hydrogen) atoms. The molecule has 0 radical (unpaired) electrons. The van der Waals surface area contributed by atoms with E-state index in [1.807, 2.05) is 6.92 Å². The number of aliphatic hydroxyl groups excluding tert-OH is 1. The molecule has 3 rings (SSSR count). The molecule has 1 atom stereocenters. The van der Waals surface area contributed by atoms with Gasteiger partial charge in [0.25, 0.3) is 5.91 Å². The number of ketones is 1. The van der Waals surface area contributed by atoms with Crippen molar-refractivity contribution in [3.63, 3.8) is 0 Å². The molecule has 2 N–H and O–H groups in total. The van der Waals surface area contributed by atoms with Gasteiger partial charge in [0.05, 0.1) is 67.6 Å². The molecule has 9 heteroatoms. The molecule has 0 saturated carbocycles. The van der Waals surface area contributed by atoms with Gasteiger partial charge in [-0.3, -0.25) is 9.59 Å². The van der Waals surface area contributed by atoms with Crippen LogP contribution in [0.4, 0.5) is 0 Å². The summed E-state index contributed by atoms with van der Waals surface area (Å²) in [4.78, 5) is 34.6. The Morgan fingerprint density at radius 3 is 2.45 bits per heavy atom. The number of benzene rings is 1. The van der Waals surface area contributed by atoms with Crippen molar-refractivity contribution in [3.8, 4) is 11.5 Å². The number of para-hydroxylation sites is 1. The zero-order valence-electron chi connectivity index (χ0n) is 20.0. The molecular weight excluding hydrogens is 442 g/mol. The Kier molecular flexibility index (Phi) is 7.76. The summed E-state index contributed by atoms with van der Waals surface area (Å²) in [7, 11) is 3.05. The van der Waals surface area contributed by atoms with E-state index in [2.05, 4.69) is 18.8 Å². The molecule has 1 unspecified atom stereocenters. The molecule has 0 spiro atoms. The summed E-state index contributed by atoms with van der Waals surface area (Å²) >= 11 is 1.26. The van der Waals surface area contributed by atoms with Crippen molar-refractivity contribution in [2.24, 2.45) is 0 Å². The third-order valence-corrected chi connectivity index (χ3v) is 7.16. The number of nitrogens with zero attached hydrogens (tertiary/aromatic N) is 2. The van der Waals surface area contributed by atoms with Crippen LogP contribution >= 0.6 is 11.3 Å². The van der Waals surface area contributed by atoms with Crippen molar-refractivity contribution in [2.45, 2.75) is 33.7 Å². The number of methoxy groups -OCH3 is 2. The molecular formula is C24H32N3O5S+. The minimum Gasteiger partial charge on any atom is -0.503 e. The number of likely N-dealkylation sites (N-methyl/N-ethyl adjacent to an activating group) is 1. The van der Waals surface area contributed by atoms with E-state index in [1.54, 1.807) is 30.0 Å². The average Bonchev–Trinajstić information content (AvgIpc) is 3.28. The molecule has 178 valence electrons. The first-order valence-corrected chi connectivity index (χ1v) is 11.9. The van der Waals surface area contributed by atoms with E-state index < -0.39 is 23.5 Å². The number of quaternary nitrogens is 1. The maximum Gasteiger partial charge on any atom is 0.290 e. The number of aliphatic hydroxyl groups is 1. The van der Waals surface area contributed by atoms with Crippen LogP contribution in [-0.2, 0) is 4.79 Å². The highest BCUT2D eigenvalue weighted by Gasteiger charge is 2.46. The Balaban J connectivity index is 2.15. The molecule has 0 aliphatic carbocycles. The lowest BCUT2D eigenvalue weighted by Crippen LogP contribution is -3.12. The maximum atomic E-state index is 13.7. The minimum atomic E-state index is -0.799. The SMILES string of the molecule is CC[NH+](CC)CCN1C(=O)C(O)=C(C(=O)c2sc(C)nc2C)C1c1cccc(OC)c1OC. The van der Waals surface area contributed by atoms with Gasteiger partial charge in [0, 0.05) is 5.56 Å². The zero-order chi connectivity index (χ0) is 24.3. The number of hydrogen-bond donors (Lipinski definition) is 2. The van der Waals surface area contributed by atoms with Gasteiger partial charge in [-0.25, -0.2) is 4.98 Å². The van der Waals surface area contributed by atoms with Gasteiger partial charge in [-0.15, -0.1) is 11.3 Å². The van der Waals surface area contributed by atoms with E-state index in [9.17, 15) is 14.7 Å². The Morgan fingerprint density at radius 2 is 1.91 bits per heavy atom. The molecule has 1 aliphatic rings. The van der Waals surface area contributed by atoms with Crippen LogP contribution in [0.5, 0.6) is 11.5 Å². The van der Waals surface area contributed by atoms with E-state index in [0.717, 1.165) is 18.1 Å². The van der Waals surface area contributed by atoms with Gasteiger partial charge in [-0.1, -0.05) is 12.1 Å². The topological polar surface area (TPSA) is 93.4 Å². The molecule has 8 nitrogen and oxygen atoms in total. The smallest absolute Gasteiger partial charge is 0.290 e. The summed E-state index contributed by atoms with van der Waals surface area (Å²) in [5.74, 6) is -0.556. The van der Waals surface area contributed by atoms with Crippen LogP contribution in [0.1, 0.15) is 45.8 Å². The fourth-order valence-electron chi connectivity index (χ4n) is 4.31. The average molecular weight is 475 g/mol. The van der Waals surface area contributed by atoms with E-state index in [4.69, 9.17) is 9.47 Å². The fraction of sp³-hybridized carbons (Fsp3) is 0.458. The lowest BCUT2D eigenvalue weighted by molar-refractivity contribution is -0.895. The first-order valence-electron chi connectivity index (χ1n) is 11.1. The number of amides is 1. The van der Waals surface area contributed by atoms with E-state index in [0.29, 0.717) is 40.7 Å². The summed E-state index contributed by atoms with van der Waals surface area (Å²) in [6.45, 7) is 10.7. The van der Waals surface area contributed by atoms with Crippen molar-refractivity contribution < 1.29 is 29.1 Å². The quantitative estimate of drug-likeness (QED) is 0.513. The first kappa shape index (κ1) is 24.7. The predicted octanol–water partition coefficient (Wildman–Crippen LogP) is 2.28. The lowest BCUT2D eigenvalue weighted by Gasteiger charge is -2.29. The lowest BCUT2D eigenvalue weighted by atomic mass is 9.94. The summed E-state index contributed by atoms with van der Waals surface area (Å²) in [6.07, 6.45) is 0. The van der Waals surface area contributed by atoms with Crippen molar-refractivity contribution in [3.05, 3.63) is 50.7 Å². The van der Waals surface area contributed by atoms with Crippen LogP contribution in [0.2, 0.25) is 0 Å². The van der Waals surface area contributed by atoms with Crippen molar-refractivity contribution >= 4 is 23.0 Å². The van der Waals surface area contributed by atoms with Crippen LogP contribution in [0.15, 0.2) is 29.5 Å². The Bertz CT molecular complexity index is 1070. The van der Waals surface area contributed by atoms with Crippen LogP contribution in [0.3, 0.4) is 0 Å². The number of aryl methyl sites for hydroxylation is 2. The molecule has 1 aromatic heterocycles. The van der Waals surface area contributed by atoms with Crippen LogP contribution in [0.25, 0.3) is 0 Å². The Labute approximate surface area is 198 Å². The number of thiazole rings is 1. The highest BCUT2D eigenvalue weighted by molar-refractivity contribution is 7.14. The number of aromatic nitrogens is 1. The highest BCUT2D eigenvalue weighted by atomic mass is 32.1. The molecule has 2 aromatic rings. The molecule has 0 bridgehead atoms. The van der Waals surface area contributed by atoms with Gasteiger partial charge >= 0.3 is 0 Å². The van der Waals surface area contributed by atoms with Gasteiger partial charge in [0.2, 0.25) is 5.78 Å². The molecule has 0 saturated heterocycles. The third kappa shape index (κ3) is 4.60. The molecule has 1 aliphatic heterocycles. The number of Topliss-reactive ketones (excluding diaryl/α,β-unsaturated/α-hetero) is 1. The second kappa shape index (κ2) is 10.4. The summed E-state index contributed by atoms with van der Waals surface area (Å²) in [5.41, 5.74) is 1.22. The molecule has 1 aromatic carbocycles. The van der Waals surface area contributed by atoms with Crippen LogP contribution < -0.4 is 14.4 Å². The van der Waals surface area contributed by atoms with Gasteiger partial charge in [-0.2, -0.15) is 0 Å². The van der Waals surface area contributed by atoms with Gasteiger partial charge < -0.3 is 24.4 Å². The fourth-order valence-corrected chi connectivity index (χ4v) is 5.19. The van der Waals surface area contributed by atoms with E-state index >= 15 is 0 Å². The zero-order valence-corrected chi connectivity index (χ0v) is 20.8. The highest BCUT2D eigenvalue weighted by Crippen LogP contribution is 2.45. The normalized spacial score (nSPS) is 16.2. The molecule has 1 amide bonds. The summed E-state index contributed by atoms with van der Waals surface area (Å²) in [6, 6.07) is 4.54. The maximum absolute atomic E-state index is 13.7. The molecule has 2 heterocycles. The predicted molar refractivity (Wildman–Crippen MR) is 126 cm³/mol. The Morgan fingerprint density at radius 1 is 1.21 bits per heavy atom. The number of carbonyl (C=O) groups excluding carboxylic acids is 2. The number of rotatable bonds is 10. The minimum absolute atomic E-state index is 0.0489. The van der Waals surface area contributed by atoms with Crippen LogP contribution in [0, 0.1) is 13.8 Å².